The highest BCUT2D eigenvalue weighted by Crippen LogP contribution is 2.37. The zero-order chi connectivity index (χ0) is 16.8. The van der Waals surface area contributed by atoms with Gasteiger partial charge in [-0.2, -0.15) is 0 Å². The molecule has 5 heteroatoms. The first kappa shape index (κ1) is 17.6. The number of halogens is 2. The smallest absolute Gasteiger partial charge is 0.245 e. The highest BCUT2D eigenvalue weighted by Gasteiger charge is 2.11. The van der Waals surface area contributed by atoms with Crippen LogP contribution in [0.4, 0.5) is 0 Å². The number of methoxy groups -OCH3 is 1. The summed E-state index contributed by atoms with van der Waals surface area (Å²) >= 11 is 8.78. The van der Waals surface area contributed by atoms with Crippen LogP contribution in [0.3, 0.4) is 0 Å². The van der Waals surface area contributed by atoms with E-state index in [9.17, 15) is 4.79 Å². The van der Waals surface area contributed by atoms with E-state index in [-0.39, 0.29) is 0 Å². The molecule has 0 atom stereocenters. The molecule has 0 aliphatic heterocycles. The Morgan fingerprint density at radius 2 is 1.96 bits per heavy atom. The molecule has 0 unspecified atom stereocenters. The number of ether oxygens (including phenoxy) is 2. The molecule has 23 heavy (non-hydrogen) atoms. The predicted molar refractivity (Wildman–Crippen MR) is 96.1 cm³/mol. The summed E-state index contributed by atoms with van der Waals surface area (Å²) in [5.74, 6) is 1.19. The van der Waals surface area contributed by atoms with E-state index in [0.29, 0.717) is 18.1 Å². The summed E-state index contributed by atoms with van der Waals surface area (Å²) in [6, 6.07) is 11.8. The Balaban J connectivity index is 2.20. The summed E-state index contributed by atoms with van der Waals surface area (Å²) < 4.78 is 12.0. The van der Waals surface area contributed by atoms with Gasteiger partial charge in [-0.3, -0.25) is 4.79 Å². The van der Waals surface area contributed by atoms with Gasteiger partial charge in [0.25, 0.3) is 0 Å². The Morgan fingerprint density at radius 1 is 1.26 bits per heavy atom. The maximum Gasteiger partial charge on any atom is 0.245 e. The Kier molecular flexibility index (Phi) is 6.25. The third-order valence-electron chi connectivity index (χ3n) is 3.16. The molecule has 0 aromatic heterocycles. The minimum absolute atomic E-state index is 0.435. The van der Waals surface area contributed by atoms with E-state index in [1.54, 1.807) is 19.3 Å². The second kappa shape index (κ2) is 8.18. The van der Waals surface area contributed by atoms with E-state index in [4.69, 9.17) is 21.1 Å². The van der Waals surface area contributed by atoms with Crippen molar-refractivity contribution in [2.24, 2.45) is 0 Å². The largest absolute Gasteiger partial charge is 0.493 e. The Bertz CT molecular complexity index is 724. The van der Waals surface area contributed by atoms with Gasteiger partial charge >= 0.3 is 0 Å². The van der Waals surface area contributed by atoms with Gasteiger partial charge in [-0.15, -0.1) is 0 Å². The maximum absolute atomic E-state index is 10.8. The molecule has 0 spiro atoms. The lowest BCUT2D eigenvalue weighted by Gasteiger charge is -2.13. The van der Waals surface area contributed by atoms with Gasteiger partial charge in [0.15, 0.2) is 11.5 Å². The van der Waals surface area contributed by atoms with Crippen LogP contribution in [-0.2, 0) is 11.4 Å². The lowest BCUT2D eigenvalue weighted by atomic mass is 10.1. The van der Waals surface area contributed by atoms with Crippen LogP contribution in [0.2, 0.25) is 0 Å². The van der Waals surface area contributed by atoms with Crippen LogP contribution in [0.15, 0.2) is 46.9 Å². The van der Waals surface area contributed by atoms with Gasteiger partial charge < -0.3 is 9.47 Å². The second-order valence-electron chi connectivity index (χ2n) is 4.95. The van der Waals surface area contributed by atoms with Gasteiger partial charge in [0, 0.05) is 0 Å². The molecule has 2 rings (SSSR count). The fourth-order valence-corrected chi connectivity index (χ4v) is 2.61. The van der Waals surface area contributed by atoms with E-state index >= 15 is 0 Å². The molecular formula is C18H16BrClO3. The number of carbonyl (C=O) groups excluding carboxylic acids is 1. The lowest BCUT2D eigenvalue weighted by molar-refractivity contribution is -0.107. The van der Waals surface area contributed by atoms with Crippen LogP contribution < -0.4 is 9.47 Å². The van der Waals surface area contributed by atoms with Crippen LogP contribution in [0.5, 0.6) is 11.5 Å². The molecule has 0 fully saturated rings. The lowest BCUT2D eigenvalue weighted by Crippen LogP contribution is -1.99. The summed E-state index contributed by atoms with van der Waals surface area (Å²) in [5, 5.41) is -0.528. The first-order chi connectivity index (χ1) is 11.0. The second-order valence-corrected chi connectivity index (χ2v) is 6.17. The van der Waals surface area contributed by atoms with E-state index < -0.39 is 5.24 Å². The van der Waals surface area contributed by atoms with Gasteiger partial charge in [0.05, 0.1) is 11.6 Å². The standard InChI is InChI=1S/C18H16BrClO3/c1-12-3-5-13(6-4-12)11-23-18-15(19)9-14(7-8-17(20)21)10-16(18)22-2/h3-10H,11H2,1-2H3/b8-7+. The van der Waals surface area contributed by atoms with E-state index in [1.165, 1.54) is 11.6 Å². The van der Waals surface area contributed by atoms with Crippen molar-refractivity contribution in [3.63, 3.8) is 0 Å². The molecule has 0 saturated heterocycles. The molecule has 0 saturated carbocycles. The van der Waals surface area contributed by atoms with Crippen LogP contribution in [-0.4, -0.2) is 12.4 Å². The van der Waals surface area contributed by atoms with Gasteiger partial charge in [-0.25, -0.2) is 0 Å². The summed E-state index contributed by atoms with van der Waals surface area (Å²) in [4.78, 5) is 10.8. The third kappa shape index (κ3) is 5.12. The predicted octanol–water partition coefficient (Wildman–Crippen LogP) is 5.12. The van der Waals surface area contributed by atoms with E-state index in [2.05, 4.69) is 15.9 Å². The molecule has 0 aliphatic carbocycles. The highest BCUT2D eigenvalue weighted by molar-refractivity contribution is 9.10. The molecule has 0 N–H and O–H groups in total. The van der Waals surface area contributed by atoms with E-state index in [0.717, 1.165) is 15.6 Å². The van der Waals surface area contributed by atoms with Crippen LogP contribution in [0, 0.1) is 6.92 Å². The topological polar surface area (TPSA) is 35.5 Å². The number of hydrogen-bond acceptors (Lipinski definition) is 3. The van der Waals surface area contributed by atoms with Gasteiger partial charge in [0.1, 0.15) is 6.61 Å². The molecule has 0 bridgehead atoms. The zero-order valence-electron chi connectivity index (χ0n) is 12.8. The molecule has 2 aromatic carbocycles. The molecule has 0 amide bonds. The van der Waals surface area contributed by atoms with Crippen molar-refractivity contribution >= 4 is 38.8 Å². The quantitative estimate of drug-likeness (QED) is 0.503. The van der Waals surface area contributed by atoms with Crippen molar-refractivity contribution in [3.8, 4) is 11.5 Å². The van der Waals surface area contributed by atoms with Crippen molar-refractivity contribution in [2.45, 2.75) is 13.5 Å². The average molecular weight is 396 g/mol. The molecule has 120 valence electrons. The first-order valence-electron chi connectivity index (χ1n) is 6.93. The van der Waals surface area contributed by atoms with E-state index in [1.807, 2.05) is 37.3 Å². The van der Waals surface area contributed by atoms with Crippen molar-refractivity contribution in [2.75, 3.05) is 7.11 Å². The van der Waals surface area contributed by atoms with Gasteiger partial charge in [0.2, 0.25) is 5.24 Å². The number of rotatable bonds is 6. The molecule has 0 aliphatic rings. The van der Waals surface area contributed by atoms with Gasteiger partial charge in [-0.05, 0) is 69.9 Å². The summed E-state index contributed by atoms with van der Waals surface area (Å²) in [6.45, 7) is 2.48. The fourth-order valence-electron chi connectivity index (χ4n) is 1.98. The number of carbonyl (C=O) groups is 1. The number of hydrogen-bond donors (Lipinski definition) is 0. The summed E-state index contributed by atoms with van der Waals surface area (Å²) in [6.07, 6.45) is 2.90. The van der Waals surface area contributed by atoms with Crippen molar-refractivity contribution in [1.29, 1.82) is 0 Å². The zero-order valence-corrected chi connectivity index (χ0v) is 15.1. The van der Waals surface area contributed by atoms with Crippen LogP contribution >= 0.6 is 27.5 Å². The Labute approximate surface area is 149 Å². The Morgan fingerprint density at radius 3 is 2.57 bits per heavy atom. The van der Waals surface area contributed by atoms with Gasteiger partial charge in [-0.1, -0.05) is 29.8 Å². The number of benzene rings is 2. The molecular weight excluding hydrogens is 380 g/mol. The van der Waals surface area contributed by atoms with Crippen molar-refractivity contribution in [1.82, 2.24) is 0 Å². The Hall–Kier alpha value is -1.78. The fraction of sp³-hybridized carbons (Fsp3) is 0.167. The minimum atomic E-state index is -0.528. The molecule has 0 heterocycles. The highest BCUT2D eigenvalue weighted by atomic mass is 79.9. The average Bonchev–Trinajstić information content (AvgIpc) is 2.53. The molecule has 3 nitrogen and oxygen atoms in total. The normalized spacial score (nSPS) is 10.8. The van der Waals surface area contributed by atoms with Crippen molar-refractivity contribution < 1.29 is 14.3 Å². The molecule has 2 aromatic rings. The first-order valence-corrected chi connectivity index (χ1v) is 8.10. The minimum Gasteiger partial charge on any atom is -0.493 e. The monoisotopic (exact) mass is 394 g/mol. The maximum atomic E-state index is 10.8. The van der Waals surface area contributed by atoms with Crippen LogP contribution in [0.1, 0.15) is 16.7 Å². The molecule has 0 radical (unpaired) electrons. The number of allylic oxidation sites excluding steroid dienone is 1. The third-order valence-corrected chi connectivity index (χ3v) is 3.88. The SMILES string of the molecule is COc1cc(/C=C/C(=O)Cl)cc(Br)c1OCc1ccc(C)cc1. The van der Waals surface area contributed by atoms with Crippen LogP contribution in [0.25, 0.3) is 6.08 Å². The summed E-state index contributed by atoms with van der Waals surface area (Å²) in [7, 11) is 1.57. The summed E-state index contributed by atoms with van der Waals surface area (Å²) in [5.41, 5.74) is 3.06. The number of aryl methyl sites for hydroxylation is 1. The van der Waals surface area contributed by atoms with Crippen molar-refractivity contribution in [3.05, 3.63) is 63.6 Å².